The van der Waals surface area contributed by atoms with E-state index in [2.05, 4.69) is 6.92 Å². The van der Waals surface area contributed by atoms with Crippen molar-refractivity contribution >= 4 is 11.9 Å². The van der Waals surface area contributed by atoms with Gasteiger partial charge >= 0.3 is 5.97 Å². The Morgan fingerprint density at radius 3 is 2.61 bits per heavy atom. The van der Waals surface area contributed by atoms with Crippen LogP contribution >= 0.6 is 0 Å². The van der Waals surface area contributed by atoms with Crippen LogP contribution in [0.5, 0.6) is 0 Å². The number of piperidine rings is 1. The number of aliphatic carboxylic acids is 1. The fourth-order valence-corrected chi connectivity index (χ4v) is 2.89. The number of amides is 1. The van der Waals surface area contributed by atoms with E-state index in [1.54, 1.807) is 0 Å². The maximum absolute atomic E-state index is 12.2. The average Bonchev–Trinajstić information content (AvgIpc) is 2.32. The number of likely N-dealkylation sites (tertiary alicyclic amines) is 2. The van der Waals surface area contributed by atoms with Crippen LogP contribution in [0.15, 0.2) is 0 Å². The molecular weight excluding hydrogens is 232 g/mol. The molecule has 2 fully saturated rings. The third-order valence-electron chi connectivity index (χ3n) is 4.08. The van der Waals surface area contributed by atoms with Crippen molar-refractivity contribution in [2.24, 2.45) is 5.92 Å². The van der Waals surface area contributed by atoms with Crippen LogP contribution < -0.4 is 0 Å². The predicted octanol–water partition coefficient (Wildman–Crippen LogP) is 0.794. The third-order valence-corrected chi connectivity index (χ3v) is 4.08. The molecule has 2 heterocycles. The second kappa shape index (κ2) is 5.69. The van der Waals surface area contributed by atoms with Crippen molar-refractivity contribution < 1.29 is 14.7 Å². The van der Waals surface area contributed by atoms with Gasteiger partial charge in [-0.05, 0) is 25.7 Å². The number of hydrogen-bond acceptors (Lipinski definition) is 3. The molecule has 0 aromatic carbocycles. The van der Waals surface area contributed by atoms with Crippen molar-refractivity contribution in [2.75, 3.05) is 26.2 Å². The smallest absolute Gasteiger partial charge is 0.309 e. The molecule has 2 aliphatic rings. The fraction of sp³-hybridized carbons (Fsp3) is 0.846. The highest BCUT2D eigenvalue weighted by molar-refractivity contribution is 5.79. The Labute approximate surface area is 108 Å². The first-order valence-corrected chi connectivity index (χ1v) is 6.86. The van der Waals surface area contributed by atoms with Gasteiger partial charge in [-0.2, -0.15) is 0 Å². The Kier molecular flexibility index (Phi) is 4.22. The van der Waals surface area contributed by atoms with E-state index in [1.807, 2.05) is 9.80 Å². The Balaban J connectivity index is 1.79. The lowest BCUT2D eigenvalue weighted by molar-refractivity contribution is -0.150. The van der Waals surface area contributed by atoms with Crippen molar-refractivity contribution in [3.05, 3.63) is 0 Å². The summed E-state index contributed by atoms with van der Waals surface area (Å²) >= 11 is 0. The minimum Gasteiger partial charge on any atom is -0.481 e. The van der Waals surface area contributed by atoms with Crippen LogP contribution in [-0.2, 0) is 9.59 Å². The van der Waals surface area contributed by atoms with Gasteiger partial charge in [-0.15, -0.1) is 0 Å². The second-order valence-electron chi connectivity index (χ2n) is 5.37. The number of carboxylic acids is 1. The lowest BCUT2D eigenvalue weighted by atomic mass is 9.98. The predicted molar refractivity (Wildman–Crippen MR) is 67.2 cm³/mol. The molecule has 18 heavy (non-hydrogen) atoms. The summed E-state index contributed by atoms with van der Waals surface area (Å²) in [6.45, 7) is 4.42. The minimum absolute atomic E-state index is 0.172. The van der Waals surface area contributed by atoms with Crippen LogP contribution in [-0.4, -0.2) is 59.0 Å². The summed E-state index contributed by atoms with van der Waals surface area (Å²) in [6.07, 6.45) is 4.44. The van der Waals surface area contributed by atoms with Gasteiger partial charge in [0.1, 0.15) is 0 Å². The van der Waals surface area contributed by atoms with Crippen molar-refractivity contribution in [1.29, 1.82) is 0 Å². The van der Waals surface area contributed by atoms with E-state index in [-0.39, 0.29) is 11.8 Å². The van der Waals surface area contributed by atoms with Crippen LogP contribution in [0.4, 0.5) is 0 Å². The van der Waals surface area contributed by atoms with E-state index in [1.165, 1.54) is 6.42 Å². The normalized spacial score (nSPS) is 25.8. The zero-order chi connectivity index (χ0) is 13.1. The first-order chi connectivity index (χ1) is 8.61. The summed E-state index contributed by atoms with van der Waals surface area (Å²) in [7, 11) is 0. The number of hydrogen-bond donors (Lipinski definition) is 1. The van der Waals surface area contributed by atoms with Gasteiger partial charge in [0.2, 0.25) is 5.91 Å². The van der Waals surface area contributed by atoms with Gasteiger partial charge in [-0.3, -0.25) is 14.5 Å². The Morgan fingerprint density at radius 1 is 1.28 bits per heavy atom. The van der Waals surface area contributed by atoms with E-state index in [0.29, 0.717) is 25.7 Å². The Bertz CT molecular complexity index is 326. The van der Waals surface area contributed by atoms with E-state index in [4.69, 9.17) is 5.11 Å². The molecule has 0 saturated carbocycles. The summed E-state index contributed by atoms with van der Waals surface area (Å²) in [5, 5.41) is 8.79. The number of carbonyl (C=O) groups excluding carboxylic acids is 1. The average molecular weight is 254 g/mol. The quantitative estimate of drug-likeness (QED) is 0.806. The standard InChI is InChI=1S/C13H22N2O3/c1-2-11-5-3-4-6-15(11)12(16)9-14-7-10(8-14)13(17)18/h10-11H,2-9H2,1H3,(H,17,18). The molecule has 2 rings (SSSR count). The summed E-state index contributed by atoms with van der Waals surface area (Å²) in [6, 6.07) is 0.391. The zero-order valence-electron chi connectivity index (χ0n) is 11.0. The van der Waals surface area contributed by atoms with Crippen molar-refractivity contribution in [3.63, 3.8) is 0 Å². The van der Waals surface area contributed by atoms with Crippen molar-refractivity contribution in [3.8, 4) is 0 Å². The molecule has 5 heteroatoms. The highest BCUT2D eigenvalue weighted by Gasteiger charge is 2.35. The largest absolute Gasteiger partial charge is 0.481 e. The van der Waals surface area contributed by atoms with Crippen molar-refractivity contribution in [2.45, 2.75) is 38.6 Å². The summed E-state index contributed by atoms with van der Waals surface area (Å²) in [5.74, 6) is -0.852. The number of nitrogens with zero attached hydrogens (tertiary/aromatic N) is 2. The highest BCUT2D eigenvalue weighted by Crippen LogP contribution is 2.21. The van der Waals surface area contributed by atoms with Gasteiger partial charge in [-0.25, -0.2) is 0 Å². The lowest BCUT2D eigenvalue weighted by Gasteiger charge is -2.40. The molecule has 0 radical (unpaired) electrons. The molecule has 0 bridgehead atoms. The second-order valence-corrected chi connectivity index (χ2v) is 5.37. The van der Waals surface area contributed by atoms with E-state index in [0.717, 1.165) is 25.8 Å². The summed E-state index contributed by atoms with van der Waals surface area (Å²) in [5.41, 5.74) is 0. The molecule has 0 aromatic rings. The van der Waals surface area contributed by atoms with Gasteiger partial charge in [-0.1, -0.05) is 6.92 Å². The van der Waals surface area contributed by atoms with E-state index < -0.39 is 5.97 Å². The molecule has 0 aromatic heterocycles. The molecule has 1 N–H and O–H groups in total. The van der Waals surface area contributed by atoms with Crippen LogP contribution in [0.2, 0.25) is 0 Å². The molecular formula is C13H22N2O3. The molecule has 1 unspecified atom stereocenters. The summed E-state index contributed by atoms with van der Waals surface area (Å²) < 4.78 is 0. The molecule has 2 saturated heterocycles. The van der Waals surface area contributed by atoms with E-state index in [9.17, 15) is 9.59 Å². The first-order valence-electron chi connectivity index (χ1n) is 6.86. The summed E-state index contributed by atoms with van der Waals surface area (Å²) in [4.78, 5) is 26.8. The van der Waals surface area contributed by atoms with Crippen LogP contribution in [0.25, 0.3) is 0 Å². The highest BCUT2D eigenvalue weighted by atomic mass is 16.4. The van der Waals surface area contributed by atoms with Crippen LogP contribution in [0.3, 0.4) is 0 Å². The molecule has 0 spiro atoms. The number of rotatable bonds is 4. The molecule has 2 aliphatic heterocycles. The van der Waals surface area contributed by atoms with Gasteiger partial charge < -0.3 is 10.0 Å². The van der Waals surface area contributed by atoms with Crippen LogP contribution in [0, 0.1) is 5.92 Å². The Hall–Kier alpha value is -1.10. The number of carbonyl (C=O) groups is 2. The minimum atomic E-state index is -0.747. The SMILES string of the molecule is CCC1CCCCN1C(=O)CN1CC(C(=O)O)C1. The first kappa shape index (κ1) is 13.3. The molecule has 1 amide bonds. The van der Waals surface area contributed by atoms with Gasteiger partial charge in [0.05, 0.1) is 12.5 Å². The lowest BCUT2D eigenvalue weighted by Crippen LogP contribution is -2.55. The molecule has 1 atom stereocenters. The third kappa shape index (κ3) is 2.83. The zero-order valence-corrected chi connectivity index (χ0v) is 11.0. The maximum atomic E-state index is 12.2. The molecule has 0 aliphatic carbocycles. The number of carboxylic acid groups (broad SMARTS) is 1. The Morgan fingerprint density at radius 2 is 2.00 bits per heavy atom. The van der Waals surface area contributed by atoms with Gasteiger partial charge in [0.15, 0.2) is 0 Å². The molecule has 102 valence electrons. The topological polar surface area (TPSA) is 60.9 Å². The fourth-order valence-electron chi connectivity index (χ4n) is 2.89. The van der Waals surface area contributed by atoms with Gasteiger partial charge in [0, 0.05) is 25.7 Å². The van der Waals surface area contributed by atoms with Crippen LogP contribution in [0.1, 0.15) is 32.6 Å². The van der Waals surface area contributed by atoms with Gasteiger partial charge in [0.25, 0.3) is 0 Å². The van der Waals surface area contributed by atoms with Crippen molar-refractivity contribution in [1.82, 2.24) is 9.80 Å². The monoisotopic (exact) mass is 254 g/mol. The molecule has 5 nitrogen and oxygen atoms in total. The maximum Gasteiger partial charge on any atom is 0.309 e. The van der Waals surface area contributed by atoms with E-state index >= 15 is 0 Å².